The molecule has 236 valence electrons. The molecular formula is C32H57N3O5S. The normalized spacial score (nSPS) is 11.4. The van der Waals surface area contributed by atoms with Gasteiger partial charge in [0.05, 0.1) is 16.9 Å². The van der Waals surface area contributed by atoms with Crippen LogP contribution < -0.4 is 22.7 Å². The standard InChI is InChI=1S/C25H43NO2.C7H8O3S.2H3N/c1-2-3-4-5-6-7-8-9-10-11-12-13-14-18-21-26-24(25(27)28)22-23-19-16-15-17-20-23;1-6-2-4-7(5-3-6)11(8,9)10;;/h15-17,19-20,24,26H,2-14,18,21-22H2,1H3,(H,27,28);2-5H,1H3,(H,8,9,10);2*1H3/t24-;;;/m0.../s1. The molecule has 0 amide bonds. The maximum atomic E-state index is 11.3. The second kappa shape index (κ2) is 25.4. The van der Waals surface area contributed by atoms with Crippen molar-refractivity contribution in [2.45, 2.75) is 121 Å². The topological polar surface area (TPSA) is 182 Å². The lowest BCUT2D eigenvalue weighted by molar-refractivity contribution is -0.308. The lowest BCUT2D eigenvalue weighted by atomic mass is 10.0. The number of quaternary nitrogens is 2. The van der Waals surface area contributed by atoms with Crippen LogP contribution in [0.25, 0.3) is 0 Å². The van der Waals surface area contributed by atoms with E-state index in [2.05, 4.69) is 12.2 Å². The summed E-state index contributed by atoms with van der Waals surface area (Å²) in [6.07, 6.45) is 19.2. The number of rotatable bonds is 20. The average molecular weight is 596 g/mol. The summed E-state index contributed by atoms with van der Waals surface area (Å²) in [4.78, 5) is 11.1. The van der Waals surface area contributed by atoms with Crippen molar-refractivity contribution in [3.05, 3.63) is 65.7 Å². The quantitative estimate of drug-likeness (QED) is 0.109. The SMILES string of the molecule is CCCCCCCCCCCCCCCCN[C@@H](Cc1ccccc1)C(=O)[O-].Cc1ccc(S(=O)(=O)[O-])cc1.[NH4+].[NH4+]. The first-order valence-electron chi connectivity index (χ1n) is 14.7. The van der Waals surface area contributed by atoms with E-state index in [1.165, 1.54) is 95.6 Å². The fourth-order valence-electron chi connectivity index (χ4n) is 4.39. The van der Waals surface area contributed by atoms with E-state index < -0.39 is 22.1 Å². The zero-order chi connectivity index (χ0) is 28.8. The Morgan fingerprint density at radius 2 is 1.17 bits per heavy atom. The van der Waals surface area contributed by atoms with Gasteiger partial charge in [-0.05, 0) is 44.0 Å². The summed E-state index contributed by atoms with van der Waals surface area (Å²) in [5, 5.41) is 14.5. The maximum absolute atomic E-state index is 11.3. The van der Waals surface area contributed by atoms with E-state index in [1.807, 2.05) is 37.3 Å². The summed E-state index contributed by atoms with van der Waals surface area (Å²) in [7, 11) is -4.27. The van der Waals surface area contributed by atoms with Crippen LogP contribution in [0.3, 0.4) is 0 Å². The minimum atomic E-state index is -4.27. The summed E-state index contributed by atoms with van der Waals surface area (Å²) < 4.78 is 31.2. The van der Waals surface area contributed by atoms with Gasteiger partial charge in [0.15, 0.2) is 0 Å². The van der Waals surface area contributed by atoms with Gasteiger partial charge in [0.2, 0.25) is 0 Å². The predicted molar refractivity (Wildman–Crippen MR) is 168 cm³/mol. The number of aliphatic carboxylic acids is 1. The largest absolute Gasteiger partial charge is 0.744 e. The number of carbonyl (C=O) groups is 1. The van der Waals surface area contributed by atoms with Gasteiger partial charge in [0.25, 0.3) is 0 Å². The van der Waals surface area contributed by atoms with Crippen molar-refractivity contribution in [1.29, 1.82) is 0 Å². The third kappa shape index (κ3) is 22.0. The minimum absolute atomic E-state index is 0. The lowest BCUT2D eigenvalue weighted by Gasteiger charge is -2.19. The predicted octanol–water partition coefficient (Wildman–Crippen LogP) is 7.07. The number of carboxylic acids is 1. The van der Waals surface area contributed by atoms with E-state index in [4.69, 9.17) is 0 Å². The van der Waals surface area contributed by atoms with Gasteiger partial charge in [0, 0.05) is 0 Å². The molecule has 0 heterocycles. The molecule has 0 saturated carbocycles. The van der Waals surface area contributed by atoms with Crippen LogP contribution in [0, 0.1) is 6.92 Å². The molecule has 0 aliphatic rings. The van der Waals surface area contributed by atoms with E-state index in [1.54, 1.807) is 12.1 Å². The molecule has 2 aromatic rings. The highest BCUT2D eigenvalue weighted by atomic mass is 32.2. The van der Waals surface area contributed by atoms with Crippen LogP contribution in [0.4, 0.5) is 0 Å². The lowest BCUT2D eigenvalue weighted by Crippen LogP contribution is -2.47. The maximum Gasteiger partial charge on any atom is 0.124 e. The third-order valence-electron chi connectivity index (χ3n) is 6.80. The molecule has 1 atom stereocenters. The first kappa shape index (κ1) is 40.8. The molecular weight excluding hydrogens is 538 g/mol. The zero-order valence-electron chi connectivity index (χ0n) is 26.0. The van der Waals surface area contributed by atoms with Gasteiger partial charge in [-0.1, -0.05) is 138 Å². The molecule has 2 rings (SSSR count). The molecule has 41 heavy (non-hydrogen) atoms. The molecule has 8 nitrogen and oxygen atoms in total. The highest BCUT2D eigenvalue weighted by Crippen LogP contribution is 2.13. The van der Waals surface area contributed by atoms with Crippen molar-refractivity contribution in [3.63, 3.8) is 0 Å². The highest BCUT2D eigenvalue weighted by molar-refractivity contribution is 7.85. The summed E-state index contributed by atoms with van der Waals surface area (Å²) in [5.41, 5.74) is 1.96. The van der Waals surface area contributed by atoms with Crippen LogP contribution in [0.1, 0.15) is 108 Å². The molecule has 0 unspecified atom stereocenters. The van der Waals surface area contributed by atoms with E-state index >= 15 is 0 Å². The van der Waals surface area contributed by atoms with E-state index in [9.17, 15) is 22.9 Å². The highest BCUT2D eigenvalue weighted by Gasteiger charge is 2.09. The van der Waals surface area contributed by atoms with Gasteiger partial charge in [-0.15, -0.1) is 0 Å². The fraction of sp³-hybridized carbons (Fsp3) is 0.594. The van der Waals surface area contributed by atoms with Gasteiger partial charge in [-0.3, -0.25) is 0 Å². The Balaban J connectivity index is 0. The van der Waals surface area contributed by atoms with Gasteiger partial charge >= 0.3 is 0 Å². The second-order valence-electron chi connectivity index (χ2n) is 10.4. The molecule has 0 aliphatic heterocycles. The van der Waals surface area contributed by atoms with Crippen molar-refractivity contribution in [1.82, 2.24) is 17.6 Å². The minimum Gasteiger partial charge on any atom is -0.744 e. The summed E-state index contributed by atoms with van der Waals surface area (Å²) in [6, 6.07) is 14.9. The van der Waals surface area contributed by atoms with Crippen LogP contribution in [0.5, 0.6) is 0 Å². The van der Waals surface area contributed by atoms with E-state index in [0.717, 1.165) is 24.1 Å². The Hall–Kier alpha value is -2.30. The fourth-order valence-corrected chi connectivity index (χ4v) is 4.86. The molecule has 9 heteroatoms. The molecule has 0 aromatic heterocycles. The molecule has 0 radical (unpaired) electrons. The number of carboxylic acid groups (broad SMARTS) is 1. The smallest absolute Gasteiger partial charge is 0.124 e. The second-order valence-corrected chi connectivity index (χ2v) is 11.8. The molecule has 0 aliphatic carbocycles. The number of hydrogen-bond acceptors (Lipinski definition) is 6. The summed E-state index contributed by atoms with van der Waals surface area (Å²) >= 11 is 0. The number of nitrogens with one attached hydrogen (secondary N) is 1. The Morgan fingerprint density at radius 1 is 0.732 bits per heavy atom. The van der Waals surface area contributed by atoms with Gasteiger partial charge < -0.3 is 32.1 Å². The average Bonchev–Trinajstić information content (AvgIpc) is 2.91. The number of hydrogen-bond donors (Lipinski definition) is 3. The van der Waals surface area contributed by atoms with Crippen molar-refractivity contribution >= 4 is 16.1 Å². The van der Waals surface area contributed by atoms with E-state index in [-0.39, 0.29) is 17.2 Å². The molecule has 2 aromatic carbocycles. The van der Waals surface area contributed by atoms with Crippen LogP contribution in [-0.4, -0.2) is 31.5 Å². The first-order valence-corrected chi connectivity index (χ1v) is 16.2. The summed E-state index contributed by atoms with van der Waals surface area (Å²) in [5.74, 6) is -1.01. The van der Waals surface area contributed by atoms with Crippen molar-refractivity contribution < 1.29 is 22.9 Å². The Bertz CT molecular complexity index is 986. The van der Waals surface area contributed by atoms with Crippen LogP contribution >= 0.6 is 0 Å². The molecule has 0 bridgehead atoms. The van der Waals surface area contributed by atoms with Gasteiger partial charge in [-0.25, -0.2) is 8.42 Å². The van der Waals surface area contributed by atoms with Crippen LogP contribution in [-0.2, 0) is 21.3 Å². The zero-order valence-corrected chi connectivity index (χ0v) is 26.9. The van der Waals surface area contributed by atoms with Crippen molar-refractivity contribution in [3.8, 4) is 0 Å². The number of aryl methyl sites for hydroxylation is 1. The number of benzene rings is 2. The Morgan fingerprint density at radius 3 is 1.59 bits per heavy atom. The van der Waals surface area contributed by atoms with Crippen molar-refractivity contribution in [2.75, 3.05) is 6.54 Å². The number of unbranched alkanes of at least 4 members (excludes halogenated alkanes) is 13. The van der Waals surface area contributed by atoms with Crippen LogP contribution in [0.2, 0.25) is 0 Å². The van der Waals surface area contributed by atoms with Crippen molar-refractivity contribution in [2.24, 2.45) is 0 Å². The molecule has 0 saturated heterocycles. The Labute approximate surface area is 249 Å². The van der Waals surface area contributed by atoms with Gasteiger partial charge in [-0.2, -0.15) is 0 Å². The van der Waals surface area contributed by atoms with E-state index in [0.29, 0.717) is 6.42 Å². The third-order valence-corrected chi connectivity index (χ3v) is 7.65. The van der Waals surface area contributed by atoms with Crippen LogP contribution in [0.15, 0.2) is 59.5 Å². The molecule has 0 spiro atoms. The first-order chi connectivity index (χ1) is 18.7. The van der Waals surface area contributed by atoms with Gasteiger partial charge in [0.1, 0.15) is 10.1 Å². The monoisotopic (exact) mass is 595 g/mol. The number of carbonyl (C=O) groups excluding carboxylic acids is 1. The molecule has 0 fully saturated rings. The summed E-state index contributed by atoms with van der Waals surface area (Å²) in [6.45, 7) is 4.84. The Kier molecular flexibility index (Phi) is 25.3. The molecule has 9 N–H and O–H groups in total.